The van der Waals surface area contributed by atoms with Gasteiger partial charge in [0.25, 0.3) is 10.1 Å². The summed E-state index contributed by atoms with van der Waals surface area (Å²) in [7, 11) is -3.98. The van der Waals surface area contributed by atoms with Gasteiger partial charge in [-0.25, -0.2) is 4.79 Å². The molecule has 0 atom stereocenters. The van der Waals surface area contributed by atoms with E-state index in [1.54, 1.807) is 0 Å². The SMILES string of the molecule is C/C(=C\CCS(=O)(=O)O)C(=O)O.[H-].[Na+]. The minimum Gasteiger partial charge on any atom is -1.00 e. The fraction of sp³-hybridized carbons (Fsp3) is 0.500. The predicted octanol–water partition coefficient (Wildman–Crippen LogP) is -2.59. The number of hydrogen-bond acceptors (Lipinski definition) is 3. The zero-order valence-corrected chi connectivity index (χ0v) is 10.3. The Kier molecular flexibility index (Phi) is 7.86. The van der Waals surface area contributed by atoms with Crippen LogP contribution in [-0.4, -0.2) is 29.8 Å². The molecule has 0 amide bonds. The van der Waals surface area contributed by atoms with Crippen LogP contribution in [0.4, 0.5) is 0 Å². The van der Waals surface area contributed by atoms with Gasteiger partial charge in [-0.2, -0.15) is 8.42 Å². The molecule has 0 aliphatic rings. The number of carbonyl (C=O) groups is 1. The minimum atomic E-state index is -3.98. The Hall–Kier alpha value is 0.120. The third-order valence-corrected chi connectivity index (χ3v) is 1.92. The van der Waals surface area contributed by atoms with Crippen molar-refractivity contribution in [2.45, 2.75) is 13.3 Å². The summed E-state index contributed by atoms with van der Waals surface area (Å²) in [6, 6.07) is 0. The monoisotopic (exact) mass is 218 g/mol. The van der Waals surface area contributed by atoms with Crippen LogP contribution in [0.5, 0.6) is 0 Å². The Labute approximate surface area is 100 Å². The van der Waals surface area contributed by atoms with Crippen molar-refractivity contribution >= 4 is 16.1 Å². The number of rotatable bonds is 4. The van der Waals surface area contributed by atoms with Gasteiger partial charge in [0.15, 0.2) is 0 Å². The van der Waals surface area contributed by atoms with Crippen LogP contribution in [0.1, 0.15) is 14.8 Å². The van der Waals surface area contributed by atoms with Gasteiger partial charge in [0, 0.05) is 5.57 Å². The van der Waals surface area contributed by atoms with E-state index in [9.17, 15) is 13.2 Å². The molecule has 0 saturated heterocycles. The topological polar surface area (TPSA) is 91.7 Å². The second kappa shape index (κ2) is 6.56. The van der Waals surface area contributed by atoms with Crippen LogP contribution in [0, 0.1) is 0 Å². The second-order valence-corrected chi connectivity index (χ2v) is 3.84. The zero-order valence-electron chi connectivity index (χ0n) is 8.52. The minimum absolute atomic E-state index is 0. The fourth-order valence-corrected chi connectivity index (χ4v) is 0.927. The average molecular weight is 218 g/mol. The van der Waals surface area contributed by atoms with Gasteiger partial charge in [0.1, 0.15) is 0 Å². The van der Waals surface area contributed by atoms with Crippen LogP contribution >= 0.6 is 0 Å². The zero-order chi connectivity index (χ0) is 9.78. The van der Waals surface area contributed by atoms with E-state index in [1.807, 2.05) is 0 Å². The van der Waals surface area contributed by atoms with Gasteiger partial charge in [0.05, 0.1) is 5.75 Å². The fourth-order valence-electron chi connectivity index (χ4n) is 0.512. The predicted molar refractivity (Wildman–Crippen MR) is 43.5 cm³/mol. The van der Waals surface area contributed by atoms with Gasteiger partial charge in [0.2, 0.25) is 0 Å². The summed E-state index contributed by atoms with van der Waals surface area (Å²) >= 11 is 0. The molecule has 0 fully saturated rings. The molecule has 0 aromatic carbocycles. The summed E-state index contributed by atoms with van der Waals surface area (Å²) in [4.78, 5) is 10.2. The first-order chi connectivity index (χ1) is 5.33. The van der Waals surface area contributed by atoms with E-state index >= 15 is 0 Å². The summed E-state index contributed by atoms with van der Waals surface area (Å²) in [5.41, 5.74) is 0.0682. The van der Waals surface area contributed by atoms with Gasteiger partial charge in [-0.3, -0.25) is 4.55 Å². The molecule has 0 aliphatic carbocycles. The molecule has 0 unspecified atom stereocenters. The molecule has 0 heterocycles. The number of carboxylic acid groups (broad SMARTS) is 1. The Morgan fingerprint density at radius 1 is 1.54 bits per heavy atom. The summed E-state index contributed by atoms with van der Waals surface area (Å²) in [6.07, 6.45) is 1.26. The second-order valence-electron chi connectivity index (χ2n) is 2.27. The van der Waals surface area contributed by atoms with Crippen molar-refractivity contribution < 1.29 is 53.9 Å². The maximum Gasteiger partial charge on any atom is 1.00 e. The largest absolute Gasteiger partial charge is 1.00 e. The van der Waals surface area contributed by atoms with Gasteiger partial charge in [-0.15, -0.1) is 0 Å². The summed E-state index contributed by atoms with van der Waals surface area (Å²) in [5.74, 6) is -1.54. The maximum absolute atomic E-state index is 10.2. The Morgan fingerprint density at radius 2 is 2.00 bits per heavy atom. The van der Waals surface area contributed by atoms with Crippen LogP contribution in [0.15, 0.2) is 11.6 Å². The smallest absolute Gasteiger partial charge is 1.00 e. The summed E-state index contributed by atoms with van der Waals surface area (Å²) in [6.45, 7) is 1.35. The maximum atomic E-state index is 10.2. The molecule has 13 heavy (non-hydrogen) atoms. The molecule has 72 valence electrons. The van der Waals surface area contributed by atoms with E-state index in [0.29, 0.717) is 0 Å². The first kappa shape index (κ1) is 15.6. The van der Waals surface area contributed by atoms with Crippen molar-refractivity contribution in [2.75, 3.05) is 5.75 Å². The van der Waals surface area contributed by atoms with Crippen molar-refractivity contribution in [3.05, 3.63) is 11.6 Å². The number of hydrogen-bond donors (Lipinski definition) is 2. The molecule has 0 spiro atoms. The van der Waals surface area contributed by atoms with Crippen molar-refractivity contribution in [1.29, 1.82) is 0 Å². The third-order valence-electron chi connectivity index (χ3n) is 1.16. The molecule has 0 rings (SSSR count). The van der Waals surface area contributed by atoms with E-state index in [4.69, 9.17) is 9.66 Å². The van der Waals surface area contributed by atoms with E-state index in [-0.39, 0.29) is 43.0 Å². The molecule has 2 N–H and O–H groups in total. The Balaban J connectivity index is -0.000000605. The Morgan fingerprint density at radius 3 is 2.31 bits per heavy atom. The summed E-state index contributed by atoms with van der Waals surface area (Å²) in [5, 5.41) is 8.33. The molecule has 0 aromatic heterocycles. The molecule has 0 aliphatic heterocycles. The van der Waals surface area contributed by atoms with Crippen LogP contribution in [0.2, 0.25) is 0 Å². The van der Waals surface area contributed by atoms with Crippen molar-refractivity contribution in [1.82, 2.24) is 0 Å². The van der Waals surface area contributed by atoms with Crippen molar-refractivity contribution in [2.24, 2.45) is 0 Å². The van der Waals surface area contributed by atoms with Crippen LogP contribution < -0.4 is 29.6 Å². The summed E-state index contributed by atoms with van der Waals surface area (Å²) < 4.78 is 28.6. The van der Waals surface area contributed by atoms with E-state index in [2.05, 4.69) is 0 Å². The third kappa shape index (κ3) is 10.0. The molecule has 0 bridgehead atoms. The normalized spacial score (nSPS) is 12.0. The Bertz CT molecular complexity index is 297. The van der Waals surface area contributed by atoms with E-state index in [0.717, 1.165) is 0 Å². The van der Waals surface area contributed by atoms with Gasteiger partial charge in [-0.1, -0.05) is 6.08 Å². The van der Waals surface area contributed by atoms with Gasteiger partial charge >= 0.3 is 35.5 Å². The van der Waals surface area contributed by atoms with Crippen LogP contribution in [0.3, 0.4) is 0 Å². The van der Waals surface area contributed by atoms with Gasteiger partial charge < -0.3 is 6.53 Å². The average Bonchev–Trinajstić information content (AvgIpc) is 1.84. The molecule has 0 aromatic rings. The number of aliphatic carboxylic acids is 1. The van der Waals surface area contributed by atoms with Crippen LogP contribution in [0.25, 0.3) is 0 Å². The first-order valence-corrected chi connectivity index (χ1v) is 4.79. The standard InChI is InChI=1S/C6H10O5S.Na.H/c1-5(6(7)8)3-2-4-12(9,10)11;;/h3H,2,4H2,1H3,(H,7,8)(H,9,10,11);;/q;+1;-1/b5-3+;;. The first-order valence-electron chi connectivity index (χ1n) is 3.18. The molecular weight excluding hydrogens is 207 g/mol. The van der Waals surface area contributed by atoms with Crippen LogP contribution in [-0.2, 0) is 14.9 Å². The quantitative estimate of drug-likeness (QED) is 0.307. The molecule has 0 radical (unpaired) electrons. The molecule has 0 saturated carbocycles. The van der Waals surface area contributed by atoms with Crippen molar-refractivity contribution in [3.8, 4) is 0 Å². The van der Waals surface area contributed by atoms with E-state index < -0.39 is 21.8 Å². The van der Waals surface area contributed by atoms with Crippen molar-refractivity contribution in [3.63, 3.8) is 0 Å². The molecule has 7 heteroatoms. The van der Waals surface area contributed by atoms with E-state index in [1.165, 1.54) is 13.0 Å². The number of allylic oxidation sites excluding steroid dienone is 1. The molecule has 5 nitrogen and oxygen atoms in total. The van der Waals surface area contributed by atoms with Gasteiger partial charge in [-0.05, 0) is 13.3 Å². The molecular formula is C6H11NaO5S. The number of carboxylic acids is 1.